The van der Waals surface area contributed by atoms with Crippen LogP contribution in [0.1, 0.15) is 12.0 Å². The van der Waals surface area contributed by atoms with Crippen LogP contribution in [0, 0.1) is 5.41 Å². The van der Waals surface area contributed by atoms with Crippen molar-refractivity contribution >= 4 is 29.2 Å². The lowest BCUT2D eigenvalue weighted by molar-refractivity contribution is -0.133. The molecule has 2 aliphatic heterocycles. The minimum Gasteiger partial charge on any atom is -0.354 e. The van der Waals surface area contributed by atoms with Gasteiger partial charge in [0.05, 0.1) is 11.5 Å². The van der Waals surface area contributed by atoms with Crippen molar-refractivity contribution in [2.75, 3.05) is 31.6 Å². The van der Waals surface area contributed by atoms with Crippen LogP contribution in [0.15, 0.2) is 48.7 Å². The van der Waals surface area contributed by atoms with Gasteiger partial charge in [-0.15, -0.1) is 0 Å². The molecule has 3 heterocycles. The summed E-state index contributed by atoms with van der Waals surface area (Å²) in [5, 5.41) is 3.79. The van der Waals surface area contributed by atoms with Gasteiger partial charge in [-0.1, -0.05) is 29.8 Å². The molecule has 6 nitrogen and oxygen atoms in total. The van der Waals surface area contributed by atoms with E-state index in [1.165, 1.54) is 0 Å². The molecule has 0 saturated carbocycles. The molecule has 2 saturated heterocycles. The van der Waals surface area contributed by atoms with Crippen LogP contribution in [-0.4, -0.2) is 54.4 Å². The molecule has 2 aliphatic rings. The van der Waals surface area contributed by atoms with Gasteiger partial charge in [-0.2, -0.15) is 0 Å². The fourth-order valence-corrected chi connectivity index (χ4v) is 4.14. The zero-order valence-corrected chi connectivity index (χ0v) is 16.5. The number of nitrogens with zero attached hydrogens (tertiary/aromatic N) is 3. The number of likely N-dealkylation sites (N-methyl/N-ethyl adjacent to an activating group) is 1. The van der Waals surface area contributed by atoms with E-state index < -0.39 is 5.41 Å². The Hall–Kier alpha value is -2.60. The highest BCUT2D eigenvalue weighted by atomic mass is 35.5. The standard InChI is InChI=1S/C21H23ClN4O2/c1-25-12-17(10-19(25)27)24-20(28)21(11-15-5-7-16(22)8-6-15)13-26(14-21)18-4-2-3-9-23-18/h2-9,17H,10-14H2,1H3,(H,24,28). The molecular weight excluding hydrogens is 376 g/mol. The van der Waals surface area contributed by atoms with Crippen LogP contribution >= 0.6 is 11.6 Å². The average molecular weight is 399 g/mol. The molecule has 146 valence electrons. The molecule has 1 aromatic heterocycles. The fraction of sp³-hybridized carbons (Fsp3) is 0.381. The minimum atomic E-state index is -0.546. The first-order chi connectivity index (χ1) is 13.4. The number of halogens is 1. The van der Waals surface area contributed by atoms with Crippen LogP contribution in [0.3, 0.4) is 0 Å². The highest BCUT2D eigenvalue weighted by Gasteiger charge is 2.50. The molecule has 1 N–H and O–H groups in total. The summed E-state index contributed by atoms with van der Waals surface area (Å²) in [7, 11) is 1.77. The first kappa shape index (κ1) is 18.7. The summed E-state index contributed by atoms with van der Waals surface area (Å²) < 4.78 is 0. The van der Waals surface area contributed by atoms with Gasteiger partial charge < -0.3 is 15.1 Å². The Morgan fingerprint density at radius 2 is 2.00 bits per heavy atom. The Morgan fingerprint density at radius 3 is 2.61 bits per heavy atom. The van der Waals surface area contributed by atoms with E-state index in [0.29, 0.717) is 37.5 Å². The number of hydrogen-bond donors (Lipinski definition) is 1. The van der Waals surface area contributed by atoms with E-state index in [4.69, 9.17) is 11.6 Å². The van der Waals surface area contributed by atoms with E-state index in [9.17, 15) is 9.59 Å². The first-order valence-electron chi connectivity index (χ1n) is 9.41. The summed E-state index contributed by atoms with van der Waals surface area (Å²) in [5.41, 5.74) is 0.523. The number of benzene rings is 1. The van der Waals surface area contributed by atoms with Crippen molar-refractivity contribution in [3.8, 4) is 0 Å². The lowest BCUT2D eigenvalue weighted by atomic mass is 9.73. The van der Waals surface area contributed by atoms with E-state index in [1.807, 2.05) is 42.5 Å². The normalized spacial score (nSPS) is 20.8. The van der Waals surface area contributed by atoms with Gasteiger partial charge in [0.2, 0.25) is 11.8 Å². The molecular formula is C21H23ClN4O2. The number of pyridine rings is 1. The van der Waals surface area contributed by atoms with Crippen molar-refractivity contribution in [2.24, 2.45) is 5.41 Å². The van der Waals surface area contributed by atoms with Crippen LogP contribution < -0.4 is 10.2 Å². The number of nitrogens with one attached hydrogen (secondary N) is 1. The molecule has 2 amide bonds. The molecule has 28 heavy (non-hydrogen) atoms. The van der Waals surface area contributed by atoms with Crippen LogP contribution in [0.5, 0.6) is 0 Å². The SMILES string of the molecule is CN1CC(NC(=O)C2(Cc3ccc(Cl)cc3)CN(c3ccccn3)C2)CC1=O. The Bertz CT molecular complexity index is 866. The molecule has 2 aromatic rings. The molecule has 0 aliphatic carbocycles. The zero-order valence-electron chi connectivity index (χ0n) is 15.8. The molecule has 1 atom stereocenters. The Kier molecular flexibility index (Phi) is 4.98. The molecule has 1 unspecified atom stereocenters. The fourth-order valence-electron chi connectivity index (χ4n) is 4.01. The number of rotatable bonds is 5. The number of carbonyl (C=O) groups excluding carboxylic acids is 2. The highest BCUT2D eigenvalue weighted by molar-refractivity contribution is 6.30. The number of aromatic nitrogens is 1. The van der Waals surface area contributed by atoms with Crippen molar-refractivity contribution in [2.45, 2.75) is 18.9 Å². The van der Waals surface area contributed by atoms with E-state index in [-0.39, 0.29) is 17.9 Å². The molecule has 4 rings (SSSR count). The third-order valence-electron chi connectivity index (χ3n) is 5.57. The molecule has 2 fully saturated rings. The Labute approximate surface area is 169 Å². The minimum absolute atomic E-state index is 0.00253. The van der Waals surface area contributed by atoms with Crippen molar-refractivity contribution in [3.05, 3.63) is 59.2 Å². The largest absolute Gasteiger partial charge is 0.354 e. The van der Waals surface area contributed by atoms with Gasteiger partial charge in [0, 0.05) is 44.3 Å². The van der Waals surface area contributed by atoms with Gasteiger partial charge in [0.15, 0.2) is 0 Å². The van der Waals surface area contributed by atoms with Crippen molar-refractivity contribution in [3.63, 3.8) is 0 Å². The van der Waals surface area contributed by atoms with Crippen molar-refractivity contribution in [1.29, 1.82) is 0 Å². The second-order valence-corrected chi connectivity index (χ2v) is 8.21. The number of likely N-dealkylation sites (tertiary alicyclic amines) is 1. The van der Waals surface area contributed by atoms with Crippen LogP contribution in [-0.2, 0) is 16.0 Å². The van der Waals surface area contributed by atoms with E-state index in [0.717, 1.165) is 11.4 Å². The van der Waals surface area contributed by atoms with Crippen LogP contribution in [0.4, 0.5) is 5.82 Å². The van der Waals surface area contributed by atoms with Gasteiger partial charge in [-0.05, 0) is 36.2 Å². The smallest absolute Gasteiger partial charge is 0.230 e. The van der Waals surface area contributed by atoms with Gasteiger partial charge in [0.25, 0.3) is 0 Å². The maximum absolute atomic E-state index is 13.3. The number of anilines is 1. The number of hydrogen-bond acceptors (Lipinski definition) is 4. The van der Waals surface area contributed by atoms with E-state index in [1.54, 1.807) is 18.1 Å². The molecule has 7 heteroatoms. The second-order valence-electron chi connectivity index (χ2n) is 7.78. The van der Waals surface area contributed by atoms with Crippen molar-refractivity contribution < 1.29 is 9.59 Å². The van der Waals surface area contributed by atoms with Crippen LogP contribution in [0.2, 0.25) is 5.02 Å². The average Bonchev–Trinajstić information content (AvgIpc) is 2.97. The predicted molar refractivity (Wildman–Crippen MR) is 108 cm³/mol. The van der Waals surface area contributed by atoms with Gasteiger partial charge in [-0.3, -0.25) is 9.59 Å². The monoisotopic (exact) mass is 398 g/mol. The van der Waals surface area contributed by atoms with Gasteiger partial charge in [-0.25, -0.2) is 4.98 Å². The lowest BCUT2D eigenvalue weighted by Crippen LogP contribution is -2.65. The van der Waals surface area contributed by atoms with Crippen molar-refractivity contribution in [1.82, 2.24) is 15.2 Å². The van der Waals surface area contributed by atoms with Gasteiger partial charge >= 0.3 is 0 Å². The highest BCUT2D eigenvalue weighted by Crippen LogP contribution is 2.37. The third-order valence-corrected chi connectivity index (χ3v) is 5.83. The summed E-state index contributed by atoms with van der Waals surface area (Å²) in [6, 6.07) is 13.3. The van der Waals surface area contributed by atoms with Gasteiger partial charge in [0.1, 0.15) is 5.82 Å². The number of amides is 2. The molecule has 0 radical (unpaired) electrons. The Morgan fingerprint density at radius 1 is 1.25 bits per heavy atom. The lowest BCUT2D eigenvalue weighted by Gasteiger charge is -2.50. The first-order valence-corrected chi connectivity index (χ1v) is 9.78. The summed E-state index contributed by atoms with van der Waals surface area (Å²) in [6.45, 7) is 1.75. The predicted octanol–water partition coefficient (Wildman–Crippen LogP) is 2.13. The summed E-state index contributed by atoms with van der Waals surface area (Å²) >= 11 is 6.00. The summed E-state index contributed by atoms with van der Waals surface area (Å²) in [4.78, 5) is 33.2. The van der Waals surface area contributed by atoms with E-state index in [2.05, 4.69) is 15.2 Å². The number of carbonyl (C=O) groups is 2. The molecule has 0 bridgehead atoms. The second kappa shape index (κ2) is 7.43. The summed E-state index contributed by atoms with van der Waals surface area (Å²) in [5.74, 6) is 0.946. The Balaban J connectivity index is 1.51. The quantitative estimate of drug-likeness (QED) is 0.838. The zero-order chi connectivity index (χ0) is 19.7. The molecule has 0 spiro atoms. The topological polar surface area (TPSA) is 65.5 Å². The third kappa shape index (κ3) is 3.69. The van der Waals surface area contributed by atoms with E-state index >= 15 is 0 Å². The van der Waals surface area contributed by atoms with Crippen LogP contribution in [0.25, 0.3) is 0 Å². The summed E-state index contributed by atoms with van der Waals surface area (Å²) in [6.07, 6.45) is 2.74. The maximum Gasteiger partial charge on any atom is 0.230 e. The maximum atomic E-state index is 13.3. The molecule has 1 aromatic carbocycles.